The number of methoxy groups -OCH3 is 1. The summed E-state index contributed by atoms with van der Waals surface area (Å²) in [6.07, 6.45) is 1.52. The Morgan fingerprint density at radius 1 is 1.10 bits per heavy atom. The fraction of sp³-hybridized carbons (Fsp3) is 0.130. The highest BCUT2D eigenvalue weighted by Crippen LogP contribution is 2.30. The molecule has 1 aromatic heterocycles. The summed E-state index contributed by atoms with van der Waals surface area (Å²) < 4.78 is 16.7. The molecule has 1 N–H and O–H groups in total. The Balaban J connectivity index is 1.57. The van der Waals surface area contributed by atoms with Crippen LogP contribution < -0.4 is 14.9 Å². The average Bonchev–Trinajstić information content (AvgIpc) is 3.20. The highest BCUT2D eigenvalue weighted by Gasteiger charge is 2.14. The van der Waals surface area contributed by atoms with E-state index in [1.54, 1.807) is 19.2 Å². The number of carbonyl (C=O) groups excluding carboxylic acids is 1. The van der Waals surface area contributed by atoms with Gasteiger partial charge < -0.3 is 13.9 Å². The van der Waals surface area contributed by atoms with Crippen LogP contribution in [0.4, 0.5) is 0 Å². The highest BCUT2D eigenvalue weighted by molar-refractivity contribution is 6.08. The molecule has 4 rings (SSSR count). The van der Waals surface area contributed by atoms with Gasteiger partial charge in [-0.25, -0.2) is 5.43 Å². The zero-order valence-corrected chi connectivity index (χ0v) is 16.1. The molecule has 146 valence electrons. The van der Waals surface area contributed by atoms with Gasteiger partial charge in [-0.3, -0.25) is 4.79 Å². The first-order valence-electron chi connectivity index (χ1n) is 9.25. The number of hydrogen-bond acceptors (Lipinski definition) is 5. The molecule has 3 aromatic carbocycles. The summed E-state index contributed by atoms with van der Waals surface area (Å²) in [7, 11) is 1.58. The van der Waals surface area contributed by atoms with Crippen molar-refractivity contribution in [2.24, 2.45) is 5.10 Å². The van der Waals surface area contributed by atoms with E-state index in [1.807, 2.05) is 55.5 Å². The summed E-state index contributed by atoms with van der Waals surface area (Å²) in [4.78, 5) is 12.5. The summed E-state index contributed by atoms with van der Waals surface area (Å²) in [5.41, 5.74) is 3.86. The fourth-order valence-corrected chi connectivity index (χ4v) is 3.21. The standard InChI is InChI=1S/C23H20N2O4/c1-3-28-22-16(8-6-10-20(22)27-2)14-24-25-23(26)21-13-18-17-9-5-4-7-15(17)11-12-19(18)29-21/h4-14H,3H2,1-2H3,(H,25,26). The van der Waals surface area contributed by atoms with Crippen molar-refractivity contribution in [1.29, 1.82) is 0 Å². The zero-order valence-electron chi connectivity index (χ0n) is 16.1. The lowest BCUT2D eigenvalue weighted by Crippen LogP contribution is -2.16. The van der Waals surface area contributed by atoms with E-state index >= 15 is 0 Å². The second kappa shape index (κ2) is 8.06. The van der Waals surface area contributed by atoms with E-state index in [0.29, 0.717) is 29.3 Å². The van der Waals surface area contributed by atoms with Gasteiger partial charge in [0.15, 0.2) is 17.3 Å². The van der Waals surface area contributed by atoms with Crippen molar-refractivity contribution >= 4 is 33.9 Å². The van der Waals surface area contributed by atoms with Crippen LogP contribution in [0.3, 0.4) is 0 Å². The first kappa shape index (κ1) is 18.6. The van der Waals surface area contributed by atoms with Crippen molar-refractivity contribution in [3.63, 3.8) is 0 Å². The van der Waals surface area contributed by atoms with Gasteiger partial charge in [0, 0.05) is 10.9 Å². The Bertz CT molecular complexity index is 1210. The smallest absolute Gasteiger partial charge is 0.307 e. The van der Waals surface area contributed by atoms with Gasteiger partial charge in [-0.05, 0) is 42.0 Å². The SMILES string of the molecule is CCOc1c(C=NNC(=O)c2cc3c(ccc4ccccc43)o2)cccc1OC. The largest absolute Gasteiger partial charge is 0.493 e. The molecule has 0 unspecified atom stereocenters. The number of rotatable bonds is 6. The molecule has 0 aliphatic carbocycles. The Hall–Kier alpha value is -3.80. The molecule has 0 radical (unpaired) electrons. The van der Waals surface area contributed by atoms with E-state index < -0.39 is 5.91 Å². The van der Waals surface area contributed by atoms with E-state index in [-0.39, 0.29) is 5.76 Å². The van der Waals surface area contributed by atoms with Gasteiger partial charge in [0.05, 0.1) is 19.9 Å². The highest BCUT2D eigenvalue weighted by atomic mass is 16.5. The molecule has 1 heterocycles. The van der Waals surface area contributed by atoms with Crippen molar-refractivity contribution in [3.8, 4) is 11.5 Å². The number of hydrogen-bond donors (Lipinski definition) is 1. The van der Waals surface area contributed by atoms with Crippen LogP contribution in [0.25, 0.3) is 21.7 Å². The maximum atomic E-state index is 12.5. The van der Waals surface area contributed by atoms with Crippen LogP contribution in [0.5, 0.6) is 11.5 Å². The number of para-hydroxylation sites is 1. The second-order valence-corrected chi connectivity index (χ2v) is 6.32. The molecule has 6 nitrogen and oxygen atoms in total. The van der Waals surface area contributed by atoms with E-state index in [9.17, 15) is 4.79 Å². The third kappa shape index (κ3) is 3.65. The number of benzene rings is 3. The molecule has 0 atom stereocenters. The van der Waals surface area contributed by atoms with Crippen molar-refractivity contribution in [2.75, 3.05) is 13.7 Å². The Morgan fingerprint density at radius 2 is 1.97 bits per heavy atom. The van der Waals surface area contributed by atoms with E-state index in [0.717, 1.165) is 16.2 Å². The van der Waals surface area contributed by atoms with Gasteiger partial charge in [0.25, 0.3) is 0 Å². The molecule has 6 heteroatoms. The van der Waals surface area contributed by atoms with Gasteiger partial charge in [0.2, 0.25) is 0 Å². The summed E-state index contributed by atoms with van der Waals surface area (Å²) in [5, 5.41) is 7.07. The molecule has 0 saturated carbocycles. The summed E-state index contributed by atoms with van der Waals surface area (Å²) in [6, 6.07) is 19.0. The number of ether oxygens (including phenoxy) is 2. The third-order valence-electron chi connectivity index (χ3n) is 4.54. The van der Waals surface area contributed by atoms with Crippen molar-refractivity contribution in [3.05, 3.63) is 72.0 Å². The lowest BCUT2D eigenvalue weighted by Gasteiger charge is -2.11. The Kier molecular flexibility index (Phi) is 5.16. The first-order chi connectivity index (χ1) is 14.2. The van der Waals surface area contributed by atoms with Gasteiger partial charge in [0.1, 0.15) is 5.58 Å². The third-order valence-corrected chi connectivity index (χ3v) is 4.54. The van der Waals surface area contributed by atoms with Gasteiger partial charge in [-0.15, -0.1) is 0 Å². The van der Waals surface area contributed by atoms with E-state index in [2.05, 4.69) is 10.5 Å². The quantitative estimate of drug-likeness (QED) is 0.382. The fourth-order valence-electron chi connectivity index (χ4n) is 3.21. The van der Waals surface area contributed by atoms with Crippen molar-refractivity contribution in [1.82, 2.24) is 5.43 Å². The average molecular weight is 388 g/mol. The monoisotopic (exact) mass is 388 g/mol. The zero-order chi connectivity index (χ0) is 20.2. The molecule has 0 aliphatic rings. The number of fused-ring (bicyclic) bond motifs is 3. The number of nitrogens with one attached hydrogen (secondary N) is 1. The topological polar surface area (TPSA) is 73.1 Å². The summed E-state index contributed by atoms with van der Waals surface area (Å²) in [5.74, 6) is 0.948. The normalized spacial score (nSPS) is 11.2. The van der Waals surface area contributed by atoms with Crippen LogP contribution in [0.1, 0.15) is 23.0 Å². The van der Waals surface area contributed by atoms with Crippen LogP contribution in [-0.4, -0.2) is 25.8 Å². The molecule has 0 aliphatic heterocycles. The molecule has 29 heavy (non-hydrogen) atoms. The van der Waals surface area contributed by atoms with Crippen LogP contribution in [0.15, 0.2) is 70.2 Å². The van der Waals surface area contributed by atoms with Gasteiger partial charge >= 0.3 is 5.91 Å². The van der Waals surface area contributed by atoms with E-state index in [1.165, 1.54) is 6.21 Å². The molecule has 0 bridgehead atoms. The number of amides is 1. The molecular weight excluding hydrogens is 368 g/mol. The summed E-state index contributed by atoms with van der Waals surface area (Å²) in [6.45, 7) is 2.38. The number of hydrazone groups is 1. The van der Waals surface area contributed by atoms with E-state index in [4.69, 9.17) is 13.9 Å². The Morgan fingerprint density at radius 3 is 2.79 bits per heavy atom. The molecule has 1 amide bonds. The molecular formula is C23H20N2O4. The second-order valence-electron chi connectivity index (χ2n) is 6.32. The lowest BCUT2D eigenvalue weighted by molar-refractivity contribution is 0.0929. The van der Waals surface area contributed by atoms with Crippen LogP contribution >= 0.6 is 0 Å². The van der Waals surface area contributed by atoms with Crippen molar-refractivity contribution < 1.29 is 18.7 Å². The van der Waals surface area contributed by atoms with Crippen LogP contribution in [-0.2, 0) is 0 Å². The van der Waals surface area contributed by atoms with Crippen LogP contribution in [0, 0.1) is 0 Å². The van der Waals surface area contributed by atoms with Crippen LogP contribution in [0.2, 0.25) is 0 Å². The molecule has 0 spiro atoms. The molecule has 0 saturated heterocycles. The minimum atomic E-state index is -0.428. The number of carbonyl (C=O) groups is 1. The van der Waals surface area contributed by atoms with Crippen molar-refractivity contribution in [2.45, 2.75) is 6.92 Å². The maximum Gasteiger partial charge on any atom is 0.307 e. The van der Waals surface area contributed by atoms with Gasteiger partial charge in [-0.1, -0.05) is 36.4 Å². The predicted molar refractivity (Wildman–Crippen MR) is 113 cm³/mol. The minimum absolute atomic E-state index is 0.198. The van der Waals surface area contributed by atoms with Gasteiger partial charge in [-0.2, -0.15) is 5.10 Å². The Labute approximate surface area is 167 Å². The number of furan rings is 1. The summed E-state index contributed by atoms with van der Waals surface area (Å²) >= 11 is 0. The molecule has 0 fully saturated rings. The maximum absolute atomic E-state index is 12.5. The minimum Gasteiger partial charge on any atom is -0.493 e. The lowest BCUT2D eigenvalue weighted by atomic mass is 10.1. The predicted octanol–water partition coefficient (Wildman–Crippen LogP) is 4.76. The number of nitrogens with zero attached hydrogens (tertiary/aromatic N) is 1. The molecule has 4 aromatic rings. The first-order valence-corrected chi connectivity index (χ1v) is 9.25.